The van der Waals surface area contributed by atoms with Crippen molar-refractivity contribution in [2.75, 3.05) is 25.1 Å². The molecule has 0 spiro atoms. The summed E-state index contributed by atoms with van der Waals surface area (Å²) in [4.78, 5) is 11.9. The van der Waals surface area contributed by atoms with Crippen LogP contribution in [0.4, 0.5) is 10.5 Å². The minimum atomic E-state index is -0.289. The van der Waals surface area contributed by atoms with E-state index in [4.69, 9.17) is 21.1 Å². The lowest BCUT2D eigenvalue weighted by Gasteiger charge is -2.19. The predicted octanol–water partition coefficient (Wildman–Crippen LogP) is 2.27. The van der Waals surface area contributed by atoms with Crippen LogP contribution < -0.4 is 10.6 Å². The van der Waals surface area contributed by atoms with Crippen molar-refractivity contribution in [3.63, 3.8) is 0 Å². The molecule has 0 unspecified atom stereocenters. The number of carbonyl (C=O) groups is 1. The van der Waals surface area contributed by atoms with Gasteiger partial charge in [-0.05, 0) is 25.1 Å². The summed E-state index contributed by atoms with van der Waals surface area (Å²) in [6.45, 7) is 3.49. The number of urea groups is 1. The Labute approximate surface area is 117 Å². The van der Waals surface area contributed by atoms with Crippen LogP contribution in [0.3, 0.4) is 0 Å². The van der Waals surface area contributed by atoms with Crippen molar-refractivity contribution in [2.24, 2.45) is 0 Å². The summed E-state index contributed by atoms with van der Waals surface area (Å²) in [5.41, 5.74) is 0.650. The fourth-order valence-corrected chi connectivity index (χ4v) is 2.14. The first kappa shape index (κ1) is 14.1. The normalized spacial score (nSPS) is 22.2. The summed E-state index contributed by atoms with van der Waals surface area (Å²) in [5.74, 6) is 0. The molecular weight excluding hydrogens is 268 g/mol. The molecule has 0 bridgehead atoms. The summed E-state index contributed by atoms with van der Waals surface area (Å²) < 4.78 is 10.8. The van der Waals surface area contributed by atoms with E-state index >= 15 is 0 Å². The van der Waals surface area contributed by atoms with Crippen molar-refractivity contribution >= 4 is 23.3 Å². The molecule has 104 valence electrons. The van der Waals surface area contributed by atoms with Crippen molar-refractivity contribution in [1.82, 2.24) is 5.32 Å². The van der Waals surface area contributed by atoms with Crippen LogP contribution in [-0.4, -0.2) is 38.0 Å². The molecule has 1 aliphatic rings. The van der Waals surface area contributed by atoms with E-state index in [1.807, 2.05) is 6.92 Å². The molecule has 1 aliphatic heterocycles. The highest BCUT2D eigenvalue weighted by molar-refractivity contribution is 6.30. The molecule has 6 heteroatoms. The number of anilines is 1. The molecule has 0 saturated carbocycles. The Morgan fingerprint density at radius 2 is 2.37 bits per heavy atom. The maximum Gasteiger partial charge on any atom is 0.319 e. The number of rotatable bonds is 4. The van der Waals surface area contributed by atoms with Crippen molar-refractivity contribution in [3.05, 3.63) is 29.3 Å². The number of ether oxygens (including phenoxy) is 2. The van der Waals surface area contributed by atoms with Crippen LogP contribution >= 0.6 is 11.6 Å². The molecule has 2 amide bonds. The first-order valence-corrected chi connectivity index (χ1v) is 6.59. The lowest BCUT2D eigenvalue weighted by atomic mass is 10.2. The zero-order valence-electron chi connectivity index (χ0n) is 10.7. The average molecular weight is 285 g/mol. The highest BCUT2D eigenvalue weighted by Crippen LogP contribution is 2.15. The van der Waals surface area contributed by atoms with Crippen LogP contribution in [0.2, 0.25) is 5.02 Å². The van der Waals surface area contributed by atoms with Gasteiger partial charge in [-0.2, -0.15) is 0 Å². The van der Waals surface area contributed by atoms with Crippen molar-refractivity contribution in [3.8, 4) is 0 Å². The lowest BCUT2D eigenvalue weighted by Crippen LogP contribution is -2.45. The summed E-state index contributed by atoms with van der Waals surface area (Å²) >= 11 is 5.85. The maximum atomic E-state index is 11.9. The van der Waals surface area contributed by atoms with Gasteiger partial charge in [-0.25, -0.2) is 4.79 Å². The largest absolute Gasteiger partial charge is 0.376 e. The standard InChI is InChI=1S/C13H17ClN2O3/c1-2-19-12-8-18-7-11(12)16-13(17)15-10-5-3-4-9(14)6-10/h3-6,11-12H,2,7-8H2,1H3,(H2,15,16,17)/t11-,12-/m1/s1. The van der Waals surface area contributed by atoms with E-state index in [0.29, 0.717) is 30.5 Å². The number of hydrogen-bond acceptors (Lipinski definition) is 3. The second-order valence-corrected chi connectivity index (χ2v) is 4.68. The Hall–Kier alpha value is -1.30. The number of amides is 2. The van der Waals surface area contributed by atoms with Crippen LogP contribution in [0.25, 0.3) is 0 Å². The highest BCUT2D eigenvalue weighted by atomic mass is 35.5. The van der Waals surface area contributed by atoms with Gasteiger partial charge >= 0.3 is 6.03 Å². The third-order valence-corrected chi connectivity index (χ3v) is 3.04. The molecule has 2 N–H and O–H groups in total. The van der Waals surface area contributed by atoms with Crippen LogP contribution in [0, 0.1) is 0 Å². The number of nitrogens with one attached hydrogen (secondary N) is 2. The monoisotopic (exact) mass is 284 g/mol. The van der Waals surface area contributed by atoms with Gasteiger partial charge in [0.15, 0.2) is 0 Å². The Bertz CT molecular complexity index is 442. The van der Waals surface area contributed by atoms with Crippen LogP contribution in [0.1, 0.15) is 6.92 Å². The Morgan fingerprint density at radius 1 is 1.53 bits per heavy atom. The zero-order chi connectivity index (χ0) is 13.7. The van der Waals surface area contributed by atoms with Gasteiger partial charge in [-0.3, -0.25) is 0 Å². The van der Waals surface area contributed by atoms with E-state index in [1.165, 1.54) is 0 Å². The first-order chi connectivity index (χ1) is 9.19. The molecule has 1 aromatic carbocycles. The molecule has 1 fully saturated rings. The first-order valence-electron chi connectivity index (χ1n) is 6.21. The summed E-state index contributed by atoms with van der Waals surface area (Å²) in [6.07, 6.45) is -0.0879. The number of benzene rings is 1. The molecule has 1 aromatic rings. The van der Waals surface area contributed by atoms with E-state index < -0.39 is 0 Å². The zero-order valence-corrected chi connectivity index (χ0v) is 11.4. The summed E-state index contributed by atoms with van der Waals surface area (Å²) in [7, 11) is 0. The highest BCUT2D eigenvalue weighted by Gasteiger charge is 2.29. The van der Waals surface area contributed by atoms with Gasteiger partial charge in [0.05, 0.1) is 19.3 Å². The van der Waals surface area contributed by atoms with Gasteiger partial charge in [-0.15, -0.1) is 0 Å². The second kappa shape index (κ2) is 6.75. The molecule has 2 atom stereocenters. The molecule has 1 saturated heterocycles. The molecule has 2 rings (SSSR count). The maximum absolute atomic E-state index is 11.9. The molecule has 19 heavy (non-hydrogen) atoms. The molecule has 5 nitrogen and oxygen atoms in total. The predicted molar refractivity (Wildman–Crippen MR) is 73.6 cm³/mol. The van der Waals surface area contributed by atoms with Crippen molar-refractivity contribution in [2.45, 2.75) is 19.1 Å². The van der Waals surface area contributed by atoms with E-state index in [1.54, 1.807) is 24.3 Å². The van der Waals surface area contributed by atoms with E-state index in [0.717, 1.165) is 0 Å². The Balaban J connectivity index is 1.87. The number of halogens is 1. The van der Waals surface area contributed by atoms with Crippen molar-refractivity contribution in [1.29, 1.82) is 0 Å². The molecule has 0 aliphatic carbocycles. The SMILES string of the molecule is CCO[C@@H]1COC[C@H]1NC(=O)Nc1cccc(Cl)c1. The third kappa shape index (κ3) is 4.09. The smallest absolute Gasteiger partial charge is 0.319 e. The van der Waals surface area contributed by atoms with E-state index in [2.05, 4.69) is 10.6 Å². The minimum Gasteiger partial charge on any atom is -0.376 e. The van der Waals surface area contributed by atoms with Gasteiger partial charge in [0.1, 0.15) is 6.10 Å². The Kier molecular flexibility index (Phi) is 5.01. The molecule has 0 aromatic heterocycles. The second-order valence-electron chi connectivity index (χ2n) is 4.25. The molecule has 1 heterocycles. The fourth-order valence-electron chi connectivity index (χ4n) is 1.95. The molecular formula is C13H17ClN2O3. The van der Waals surface area contributed by atoms with E-state index in [9.17, 15) is 4.79 Å². The van der Waals surface area contributed by atoms with Gasteiger partial charge < -0.3 is 20.1 Å². The number of carbonyl (C=O) groups excluding carboxylic acids is 1. The van der Waals surface area contributed by atoms with Gasteiger partial charge in [0.25, 0.3) is 0 Å². The van der Waals surface area contributed by atoms with Crippen LogP contribution in [0.5, 0.6) is 0 Å². The van der Waals surface area contributed by atoms with Crippen LogP contribution in [-0.2, 0) is 9.47 Å². The van der Waals surface area contributed by atoms with Gasteiger partial charge in [0, 0.05) is 17.3 Å². The topological polar surface area (TPSA) is 59.6 Å². The van der Waals surface area contributed by atoms with Crippen molar-refractivity contribution < 1.29 is 14.3 Å². The third-order valence-electron chi connectivity index (χ3n) is 2.81. The molecule has 0 radical (unpaired) electrons. The average Bonchev–Trinajstić information content (AvgIpc) is 2.77. The minimum absolute atomic E-state index is 0.0879. The summed E-state index contributed by atoms with van der Waals surface area (Å²) in [5, 5.41) is 6.14. The lowest BCUT2D eigenvalue weighted by molar-refractivity contribution is 0.0428. The quantitative estimate of drug-likeness (QED) is 0.892. The van der Waals surface area contributed by atoms with E-state index in [-0.39, 0.29) is 18.2 Å². The Morgan fingerprint density at radius 3 is 3.11 bits per heavy atom. The van der Waals surface area contributed by atoms with Crippen LogP contribution in [0.15, 0.2) is 24.3 Å². The fraction of sp³-hybridized carbons (Fsp3) is 0.462. The van der Waals surface area contributed by atoms with Gasteiger partial charge in [-0.1, -0.05) is 17.7 Å². The number of hydrogen-bond donors (Lipinski definition) is 2. The summed E-state index contributed by atoms with van der Waals surface area (Å²) in [6, 6.07) is 6.57. The van der Waals surface area contributed by atoms with Gasteiger partial charge in [0.2, 0.25) is 0 Å².